The van der Waals surface area contributed by atoms with Gasteiger partial charge in [0.05, 0.1) is 24.0 Å². The maximum absolute atomic E-state index is 12.6. The number of nitro groups is 1. The number of methoxy groups -OCH3 is 1. The number of carbonyl (C=O) groups excluding carboxylic acids is 2. The molecular weight excluding hydrogens is 362 g/mol. The Morgan fingerprint density at radius 1 is 1.29 bits per heavy atom. The molecule has 1 aliphatic rings. The third-order valence-corrected chi connectivity index (χ3v) is 4.81. The minimum atomic E-state index is -0.584. The Hall–Kier alpha value is -3.42. The molecule has 2 aromatic carbocycles. The fraction of sp³-hybridized carbons (Fsp3) is 0.300. The Balaban J connectivity index is 1.73. The van der Waals surface area contributed by atoms with Crippen molar-refractivity contribution in [3.8, 4) is 5.75 Å². The first-order valence-electron chi connectivity index (χ1n) is 8.95. The van der Waals surface area contributed by atoms with Crippen molar-refractivity contribution in [2.24, 2.45) is 5.92 Å². The fourth-order valence-corrected chi connectivity index (χ4v) is 3.17. The van der Waals surface area contributed by atoms with Gasteiger partial charge in [0.15, 0.2) is 0 Å². The number of nitro benzene ring substituents is 1. The Morgan fingerprint density at radius 3 is 2.61 bits per heavy atom. The van der Waals surface area contributed by atoms with Crippen LogP contribution in [0.1, 0.15) is 18.9 Å². The van der Waals surface area contributed by atoms with Crippen LogP contribution in [0.5, 0.6) is 5.75 Å². The zero-order valence-corrected chi connectivity index (χ0v) is 15.7. The highest BCUT2D eigenvalue weighted by molar-refractivity contribution is 6.04. The fourth-order valence-electron chi connectivity index (χ4n) is 3.17. The van der Waals surface area contributed by atoms with E-state index in [2.05, 4.69) is 12.2 Å². The molecule has 0 radical (unpaired) electrons. The van der Waals surface area contributed by atoms with Crippen molar-refractivity contribution in [3.05, 3.63) is 58.1 Å². The molecule has 1 atom stereocenters. The van der Waals surface area contributed by atoms with E-state index < -0.39 is 16.7 Å². The third-order valence-electron chi connectivity index (χ3n) is 4.81. The average molecular weight is 383 g/mol. The Kier molecular flexibility index (Phi) is 5.58. The molecule has 1 saturated heterocycles. The standard InChI is InChI=1S/C20H21N3O5/c1-3-13-4-6-15(7-5-13)22-12-14(10-19(22)24)20(25)21-17-9-8-16(28-2)11-18(17)23(26)27/h4-9,11,14H,3,10,12H2,1-2H3,(H,21,25). The van der Waals surface area contributed by atoms with Crippen molar-refractivity contribution in [3.63, 3.8) is 0 Å². The Morgan fingerprint density at radius 2 is 2.00 bits per heavy atom. The summed E-state index contributed by atoms with van der Waals surface area (Å²) in [7, 11) is 1.41. The predicted octanol–water partition coefficient (Wildman–Crippen LogP) is 3.16. The number of hydrogen-bond acceptors (Lipinski definition) is 5. The summed E-state index contributed by atoms with van der Waals surface area (Å²) in [6.45, 7) is 2.29. The van der Waals surface area contributed by atoms with Crippen LogP contribution in [-0.4, -0.2) is 30.4 Å². The van der Waals surface area contributed by atoms with Crippen LogP contribution in [0.3, 0.4) is 0 Å². The minimum Gasteiger partial charge on any atom is -0.496 e. The van der Waals surface area contributed by atoms with Crippen molar-refractivity contribution < 1.29 is 19.2 Å². The van der Waals surface area contributed by atoms with Gasteiger partial charge in [-0.1, -0.05) is 19.1 Å². The highest BCUT2D eigenvalue weighted by Crippen LogP contribution is 2.31. The summed E-state index contributed by atoms with van der Waals surface area (Å²) in [5.41, 5.74) is 1.72. The summed E-state index contributed by atoms with van der Waals surface area (Å²) in [5.74, 6) is -0.828. The second-order valence-corrected chi connectivity index (χ2v) is 6.55. The first-order chi connectivity index (χ1) is 13.4. The summed E-state index contributed by atoms with van der Waals surface area (Å²) in [6.07, 6.45) is 0.964. The highest BCUT2D eigenvalue weighted by atomic mass is 16.6. The smallest absolute Gasteiger partial charge is 0.296 e. The highest BCUT2D eigenvalue weighted by Gasteiger charge is 2.35. The van der Waals surface area contributed by atoms with E-state index in [1.165, 1.54) is 25.3 Å². The van der Waals surface area contributed by atoms with Crippen molar-refractivity contribution in [1.29, 1.82) is 0 Å². The molecule has 1 unspecified atom stereocenters. The predicted molar refractivity (Wildman–Crippen MR) is 105 cm³/mol. The van der Waals surface area contributed by atoms with Gasteiger partial charge < -0.3 is 15.0 Å². The van der Waals surface area contributed by atoms with E-state index in [1.807, 2.05) is 24.3 Å². The molecule has 1 aliphatic heterocycles. The molecule has 0 aromatic heterocycles. The number of nitrogens with zero attached hydrogens (tertiary/aromatic N) is 2. The number of ether oxygens (including phenoxy) is 1. The van der Waals surface area contributed by atoms with Gasteiger partial charge >= 0.3 is 0 Å². The topological polar surface area (TPSA) is 102 Å². The molecule has 8 nitrogen and oxygen atoms in total. The van der Waals surface area contributed by atoms with Gasteiger partial charge in [-0.05, 0) is 36.2 Å². The van der Waals surface area contributed by atoms with E-state index in [4.69, 9.17) is 4.74 Å². The van der Waals surface area contributed by atoms with E-state index >= 15 is 0 Å². The van der Waals surface area contributed by atoms with Gasteiger partial charge in [-0.25, -0.2) is 0 Å². The quantitative estimate of drug-likeness (QED) is 0.610. The van der Waals surface area contributed by atoms with E-state index in [0.717, 1.165) is 17.7 Å². The van der Waals surface area contributed by atoms with Crippen LogP contribution in [0, 0.1) is 16.0 Å². The minimum absolute atomic E-state index is 0.0608. The summed E-state index contributed by atoms with van der Waals surface area (Å²) in [5, 5.41) is 13.9. The van der Waals surface area contributed by atoms with Crippen molar-refractivity contribution in [2.45, 2.75) is 19.8 Å². The zero-order chi connectivity index (χ0) is 20.3. The van der Waals surface area contributed by atoms with E-state index in [0.29, 0.717) is 5.75 Å². The maximum Gasteiger partial charge on any atom is 0.296 e. The molecule has 1 fully saturated rings. The molecule has 2 amide bonds. The van der Waals surface area contributed by atoms with Crippen molar-refractivity contribution in [1.82, 2.24) is 0 Å². The molecular formula is C20H21N3O5. The average Bonchev–Trinajstić information content (AvgIpc) is 3.10. The van der Waals surface area contributed by atoms with Gasteiger partial charge in [0.25, 0.3) is 5.69 Å². The monoisotopic (exact) mass is 383 g/mol. The second-order valence-electron chi connectivity index (χ2n) is 6.55. The van der Waals surface area contributed by atoms with Crippen LogP contribution in [-0.2, 0) is 16.0 Å². The molecule has 2 aromatic rings. The van der Waals surface area contributed by atoms with Gasteiger partial charge in [0, 0.05) is 18.7 Å². The molecule has 0 aliphatic carbocycles. The van der Waals surface area contributed by atoms with Crippen molar-refractivity contribution >= 4 is 28.9 Å². The summed E-state index contributed by atoms with van der Waals surface area (Å²) in [4.78, 5) is 37.3. The molecule has 3 rings (SSSR count). The lowest BCUT2D eigenvalue weighted by Crippen LogP contribution is -2.28. The number of benzene rings is 2. The van der Waals surface area contributed by atoms with Gasteiger partial charge in [-0.2, -0.15) is 0 Å². The molecule has 1 N–H and O–H groups in total. The van der Waals surface area contributed by atoms with Gasteiger partial charge in [0.1, 0.15) is 11.4 Å². The van der Waals surface area contributed by atoms with Crippen LogP contribution in [0.25, 0.3) is 0 Å². The first kappa shape index (κ1) is 19.3. The SMILES string of the molecule is CCc1ccc(N2CC(C(=O)Nc3ccc(OC)cc3[N+](=O)[O-])CC2=O)cc1. The van der Waals surface area contributed by atoms with Crippen LogP contribution in [0.4, 0.5) is 17.1 Å². The molecule has 0 saturated carbocycles. The van der Waals surface area contributed by atoms with Crippen molar-refractivity contribution in [2.75, 3.05) is 23.9 Å². The van der Waals surface area contributed by atoms with E-state index in [9.17, 15) is 19.7 Å². The van der Waals surface area contributed by atoms with Crippen LogP contribution >= 0.6 is 0 Å². The zero-order valence-electron chi connectivity index (χ0n) is 15.7. The number of carbonyl (C=O) groups is 2. The molecule has 28 heavy (non-hydrogen) atoms. The third kappa shape index (κ3) is 3.95. The Bertz CT molecular complexity index is 911. The van der Waals surface area contributed by atoms with Gasteiger partial charge in [0.2, 0.25) is 11.8 Å². The molecule has 0 spiro atoms. The summed E-state index contributed by atoms with van der Waals surface area (Å²) >= 11 is 0. The molecule has 0 bridgehead atoms. The largest absolute Gasteiger partial charge is 0.496 e. The lowest BCUT2D eigenvalue weighted by Gasteiger charge is -2.17. The van der Waals surface area contributed by atoms with Gasteiger partial charge in [-0.3, -0.25) is 19.7 Å². The van der Waals surface area contributed by atoms with Crippen LogP contribution < -0.4 is 15.0 Å². The maximum atomic E-state index is 12.6. The molecule has 8 heteroatoms. The van der Waals surface area contributed by atoms with Gasteiger partial charge in [-0.15, -0.1) is 0 Å². The Labute approximate surface area is 162 Å². The van der Waals surface area contributed by atoms with Crippen LogP contribution in [0.15, 0.2) is 42.5 Å². The molecule has 1 heterocycles. The summed E-state index contributed by atoms with van der Waals surface area (Å²) in [6, 6.07) is 11.8. The molecule has 146 valence electrons. The first-order valence-corrected chi connectivity index (χ1v) is 8.95. The normalized spacial score (nSPS) is 16.1. The van der Waals surface area contributed by atoms with E-state index in [-0.39, 0.29) is 30.2 Å². The number of nitrogens with one attached hydrogen (secondary N) is 1. The second kappa shape index (κ2) is 8.08. The van der Waals surface area contributed by atoms with Crippen LogP contribution in [0.2, 0.25) is 0 Å². The lowest BCUT2D eigenvalue weighted by atomic mass is 10.1. The number of rotatable bonds is 6. The number of amides is 2. The number of aryl methyl sites for hydroxylation is 1. The van der Waals surface area contributed by atoms with E-state index in [1.54, 1.807) is 4.90 Å². The number of anilines is 2. The lowest BCUT2D eigenvalue weighted by molar-refractivity contribution is -0.384. The number of hydrogen-bond donors (Lipinski definition) is 1. The summed E-state index contributed by atoms with van der Waals surface area (Å²) < 4.78 is 4.99.